The van der Waals surface area contributed by atoms with E-state index in [9.17, 15) is 14.7 Å². The number of hydrogen-bond acceptors (Lipinski definition) is 6. The highest BCUT2D eigenvalue weighted by molar-refractivity contribution is 5.79. The third-order valence-corrected chi connectivity index (χ3v) is 3.36. The molecule has 0 spiro atoms. The molecule has 0 radical (unpaired) electrons. The van der Waals surface area contributed by atoms with Crippen LogP contribution in [0.1, 0.15) is 5.56 Å². The number of benzene rings is 2. The molecular formula is C18H19NO6. The van der Waals surface area contributed by atoms with Crippen molar-refractivity contribution in [2.45, 2.75) is 6.54 Å². The third-order valence-electron chi connectivity index (χ3n) is 3.36. The van der Waals surface area contributed by atoms with E-state index in [0.29, 0.717) is 11.5 Å². The summed E-state index contributed by atoms with van der Waals surface area (Å²) in [6.07, 6.45) is -0.702. The number of phenols is 1. The Morgan fingerprint density at radius 2 is 1.72 bits per heavy atom. The van der Waals surface area contributed by atoms with Gasteiger partial charge in [0.15, 0.2) is 0 Å². The van der Waals surface area contributed by atoms with Crippen molar-refractivity contribution in [3.05, 3.63) is 54.1 Å². The minimum absolute atomic E-state index is 0.113. The molecular weight excluding hydrogens is 326 g/mol. The maximum Gasteiger partial charge on any atom is 0.416 e. The fourth-order valence-corrected chi connectivity index (χ4v) is 2.06. The summed E-state index contributed by atoms with van der Waals surface area (Å²) in [4.78, 5) is 25.2. The molecule has 0 atom stereocenters. The van der Waals surface area contributed by atoms with E-state index in [2.05, 4.69) is 4.74 Å². The van der Waals surface area contributed by atoms with Gasteiger partial charge < -0.3 is 19.3 Å². The molecule has 7 heteroatoms. The summed E-state index contributed by atoms with van der Waals surface area (Å²) >= 11 is 0. The molecule has 132 valence electrons. The Kier molecular flexibility index (Phi) is 6.22. The predicted molar refractivity (Wildman–Crippen MR) is 89.6 cm³/mol. The van der Waals surface area contributed by atoms with Gasteiger partial charge in [0.2, 0.25) is 0 Å². The van der Waals surface area contributed by atoms with Gasteiger partial charge in [0.1, 0.15) is 23.8 Å². The van der Waals surface area contributed by atoms with E-state index in [1.54, 1.807) is 36.4 Å². The number of methoxy groups -OCH3 is 2. The second-order valence-corrected chi connectivity index (χ2v) is 5.15. The Morgan fingerprint density at radius 3 is 2.36 bits per heavy atom. The van der Waals surface area contributed by atoms with Crippen molar-refractivity contribution in [3.8, 4) is 17.2 Å². The Labute approximate surface area is 145 Å². The smallest absolute Gasteiger partial charge is 0.416 e. The zero-order valence-corrected chi connectivity index (χ0v) is 14.0. The van der Waals surface area contributed by atoms with Crippen molar-refractivity contribution >= 4 is 12.1 Å². The quantitative estimate of drug-likeness (QED) is 0.810. The summed E-state index contributed by atoms with van der Waals surface area (Å²) in [7, 11) is 2.75. The van der Waals surface area contributed by atoms with Crippen LogP contribution >= 0.6 is 0 Å². The lowest BCUT2D eigenvalue weighted by atomic mass is 10.2. The SMILES string of the molecule is COC(=O)CN(Cc1ccc(O)cc1)C(=O)Oc1cccc(OC)c1. The monoisotopic (exact) mass is 345 g/mol. The number of nitrogens with zero attached hydrogens (tertiary/aromatic N) is 1. The van der Waals surface area contributed by atoms with E-state index in [-0.39, 0.29) is 18.8 Å². The number of hydrogen-bond donors (Lipinski definition) is 1. The van der Waals surface area contributed by atoms with Gasteiger partial charge in [0.25, 0.3) is 0 Å². The summed E-state index contributed by atoms with van der Waals surface area (Å²) in [5.74, 6) is 0.386. The first kappa shape index (κ1) is 18.1. The fraction of sp³-hybridized carbons (Fsp3) is 0.222. The van der Waals surface area contributed by atoms with Gasteiger partial charge in [-0.2, -0.15) is 0 Å². The lowest BCUT2D eigenvalue weighted by molar-refractivity contribution is -0.141. The van der Waals surface area contributed by atoms with Crippen LogP contribution in [0.4, 0.5) is 4.79 Å². The number of amides is 1. The first-order valence-corrected chi connectivity index (χ1v) is 7.47. The summed E-state index contributed by atoms with van der Waals surface area (Å²) in [5, 5.41) is 9.34. The molecule has 0 aliphatic rings. The van der Waals surface area contributed by atoms with Gasteiger partial charge in [-0.1, -0.05) is 18.2 Å². The molecule has 1 N–H and O–H groups in total. The van der Waals surface area contributed by atoms with E-state index in [4.69, 9.17) is 9.47 Å². The van der Waals surface area contributed by atoms with Gasteiger partial charge in [-0.15, -0.1) is 0 Å². The van der Waals surface area contributed by atoms with E-state index < -0.39 is 12.1 Å². The standard InChI is InChI=1S/C18H19NO6/c1-23-15-4-3-5-16(10-15)25-18(22)19(12-17(21)24-2)11-13-6-8-14(20)9-7-13/h3-10,20H,11-12H2,1-2H3. The molecule has 0 unspecified atom stereocenters. The van der Waals surface area contributed by atoms with Crippen LogP contribution in [0.5, 0.6) is 17.2 Å². The predicted octanol–water partition coefficient (Wildman–Crippen LogP) is 2.57. The molecule has 0 bridgehead atoms. The molecule has 0 saturated heterocycles. The van der Waals surface area contributed by atoms with Crippen LogP contribution in [0.15, 0.2) is 48.5 Å². The van der Waals surface area contributed by atoms with Crippen LogP contribution in [0, 0.1) is 0 Å². The number of carbonyl (C=O) groups is 2. The minimum Gasteiger partial charge on any atom is -0.508 e. The highest BCUT2D eigenvalue weighted by atomic mass is 16.6. The van der Waals surface area contributed by atoms with Crippen LogP contribution in [0.2, 0.25) is 0 Å². The molecule has 0 aromatic heterocycles. The molecule has 0 heterocycles. The zero-order valence-electron chi connectivity index (χ0n) is 14.0. The summed E-state index contributed by atoms with van der Waals surface area (Å²) < 4.78 is 15.0. The molecule has 2 aromatic rings. The molecule has 2 rings (SSSR count). The minimum atomic E-state index is -0.702. The van der Waals surface area contributed by atoms with Gasteiger partial charge in [-0.05, 0) is 29.8 Å². The summed E-state index contributed by atoms with van der Waals surface area (Å²) in [6, 6.07) is 12.9. The van der Waals surface area contributed by atoms with Crippen molar-refractivity contribution in [1.82, 2.24) is 4.90 Å². The van der Waals surface area contributed by atoms with Crippen LogP contribution in [-0.4, -0.2) is 42.8 Å². The number of aromatic hydroxyl groups is 1. The van der Waals surface area contributed by atoms with Crippen LogP contribution in [0.25, 0.3) is 0 Å². The number of rotatable bonds is 6. The van der Waals surface area contributed by atoms with Crippen molar-refractivity contribution in [1.29, 1.82) is 0 Å². The Bertz CT molecular complexity index is 729. The average Bonchev–Trinajstić information content (AvgIpc) is 2.62. The van der Waals surface area contributed by atoms with Gasteiger partial charge in [-0.25, -0.2) is 4.79 Å². The van der Waals surface area contributed by atoms with E-state index in [0.717, 1.165) is 5.56 Å². The first-order valence-electron chi connectivity index (χ1n) is 7.47. The average molecular weight is 345 g/mol. The van der Waals surface area contributed by atoms with Gasteiger partial charge in [0, 0.05) is 12.6 Å². The van der Waals surface area contributed by atoms with E-state index in [1.807, 2.05) is 0 Å². The Morgan fingerprint density at radius 1 is 1.04 bits per heavy atom. The molecule has 0 aliphatic carbocycles. The van der Waals surface area contributed by atoms with Crippen molar-refractivity contribution in [2.75, 3.05) is 20.8 Å². The lowest BCUT2D eigenvalue weighted by Gasteiger charge is -2.21. The summed E-state index contributed by atoms with van der Waals surface area (Å²) in [6.45, 7) is -0.141. The molecule has 1 amide bonds. The molecule has 25 heavy (non-hydrogen) atoms. The second kappa shape index (κ2) is 8.58. The van der Waals surface area contributed by atoms with E-state index >= 15 is 0 Å². The number of ether oxygens (including phenoxy) is 3. The van der Waals surface area contributed by atoms with Gasteiger partial charge in [0.05, 0.1) is 14.2 Å². The maximum atomic E-state index is 12.4. The van der Waals surface area contributed by atoms with Crippen LogP contribution < -0.4 is 9.47 Å². The van der Waals surface area contributed by atoms with Crippen molar-refractivity contribution in [3.63, 3.8) is 0 Å². The third kappa shape index (κ3) is 5.42. The maximum absolute atomic E-state index is 12.4. The highest BCUT2D eigenvalue weighted by Gasteiger charge is 2.20. The number of carbonyl (C=O) groups excluding carboxylic acids is 2. The second-order valence-electron chi connectivity index (χ2n) is 5.15. The van der Waals surface area contributed by atoms with E-state index in [1.165, 1.54) is 31.3 Å². The van der Waals surface area contributed by atoms with Gasteiger partial charge in [-0.3, -0.25) is 9.69 Å². The zero-order chi connectivity index (χ0) is 18.2. The number of esters is 1. The molecule has 0 fully saturated rings. The molecule has 0 aliphatic heterocycles. The van der Waals surface area contributed by atoms with Crippen LogP contribution in [-0.2, 0) is 16.1 Å². The highest BCUT2D eigenvalue weighted by Crippen LogP contribution is 2.20. The van der Waals surface area contributed by atoms with Gasteiger partial charge >= 0.3 is 12.1 Å². The van der Waals surface area contributed by atoms with Crippen molar-refractivity contribution < 1.29 is 28.9 Å². The largest absolute Gasteiger partial charge is 0.508 e. The summed E-state index contributed by atoms with van der Waals surface area (Å²) in [5.41, 5.74) is 0.726. The molecule has 0 saturated carbocycles. The molecule has 2 aromatic carbocycles. The van der Waals surface area contributed by atoms with Crippen LogP contribution in [0.3, 0.4) is 0 Å². The topological polar surface area (TPSA) is 85.3 Å². The lowest BCUT2D eigenvalue weighted by Crippen LogP contribution is -2.37. The Balaban J connectivity index is 2.13. The van der Waals surface area contributed by atoms with Crippen molar-refractivity contribution in [2.24, 2.45) is 0 Å². The number of phenolic OH excluding ortho intramolecular Hbond substituents is 1. The normalized spacial score (nSPS) is 10.0. The first-order chi connectivity index (χ1) is 12.0. The Hall–Kier alpha value is -3.22. The molecule has 7 nitrogen and oxygen atoms in total. The fourth-order valence-electron chi connectivity index (χ4n) is 2.06.